The van der Waals surface area contributed by atoms with Crippen molar-refractivity contribution in [3.8, 4) is 45.9 Å². The fourth-order valence-corrected chi connectivity index (χ4v) is 4.49. The van der Waals surface area contributed by atoms with Gasteiger partial charge in [0.2, 0.25) is 0 Å². The zero-order chi connectivity index (χ0) is 30.7. The number of nitrogens with one attached hydrogen (secondary N) is 1. The second kappa shape index (κ2) is 11.8. The summed E-state index contributed by atoms with van der Waals surface area (Å²) in [4.78, 5) is 5.60. The van der Waals surface area contributed by atoms with Crippen molar-refractivity contribution in [3.63, 3.8) is 0 Å². The number of nitrogens with zero attached hydrogens (tertiary/aromatic N) is 2. The van der Waals surface area contributed by atoms with E-state index in [2.05, 4.69) is 27.1 Å². The summed E-state index contributed by atoms with van der Waals surface area (Å²) in [6, 6.07) is 15.5. The third-order valence-electron chi connectivity index (χ3n) is 6.18. The Balaban J connectivity index is 0.00000198. The van der Waals surface area contributed by atoms with Gasteiger partial charge < -0.3 is 14.3 Å². The van der Waals surface area contributed by atoms with Gasteiger partial charge in [-0.25, -0.2) is 5.48 Å². The molecule has 0 radical (unpaired) electrons. The molecule has 1 N–H and O–H groups in total. The SMILES string of the molecule is CC.N#Cc1cc2c(cc1C1=CC=C(OC(F)(F)F)CC1)-c1cc(-c3ccc(OC(F)(F)F)cc3)c(C#N)cc1ON2. The number of alkyl halides is 6. The second-order valence-electron chi connectivity index (χ2n) is 8.71. The molecule has 0 fully saturated rings. The number of fused-ring (bicyclic) bond motifs is 3. The topological polar surface area (TPSA) is 87.3 Å². The lowest BCUT2D eigenvalue weighted by Crippen LogP contribution is -2.16. The molecule has 1 aliphatic heterocycles. The number of allylic oxidation sites excluding steroid dienone is 4. The van der Waals surface area contributed by atoms with E-state index in [-0.39, 0.29) is 29.7 Å². The molecular formula is C30H21F6N3O3. The van der Waals surface area contributed by atoms with Crippen LogP contribution >= 0.6 is 0 Å². The van der Waals surface area contributed by atoms with E-state index in [1.54, 1.807) is 18.2 Å². The highest BCUT2D eigenvalue weighted by Gasteiger charge is 2.33. The molecule has 0 saturated heterocycles. The molecule has 1 aliphatic carbocycles. The van der Waals surface area contributed by atoms with Gasteiger partial charge in [0.15, 0.2) is 5.75 Å². The van der Waals surface area contributed by atoms with Gasteiger partial charge in [-0.2, -0.15) is 10.5 Å². The normalized spacial score (nSPS) is 13.7. The van der Waals surface area contributed by atoms with E-state index in [4.69, 9.17) is 4.84 Å². The van der Waals surface area contributed by atoms with Gasteiger partial charge in [0.05, 0.1) is 29.0 Å². The maximum absolute atomic E-state index is 12.6. The molecule has 6 nitrogen and oxygen atoms in total. The fraction of sp³-hybridized carbons (Fsp3) is 0.200. The van der Waals surface area contributed by atoms with Crippen molar-refractivity contribution in [1.82, 2.24) is 0 Å². The number of rotatable bonds is 4. The highest BCUT2D eigenvalue weighted by atomic mass is 19.4. The quantitative estimate of drug-likeness (QED) is 0.308. The van der Waals surface area contributed by atoms with Gasteiger partial charge in [-0.05, 0) is 59.5 Å². The lowest BCUT2D eigenvalue weighted by molar-refractivity contribution is -0.306. The summed E-state index contributed by atoms with van der Waals surface area (Å²) in [5.74, 6) is -0.370. The fourth-order valence-electron chi connectivity index (χ4n) is 4.49. The Kier molecular flexibility index (Phi) is 8.39. The van der Waals surface area contributed by atoms with E-state index in [9.17, 15) is 36.9 Å². The van der Waals surface area contributed by atoms with Crippen molar-refractivity contribution in [2.75, 3.05) is 5.48 Å². The maximum Gasteiger partial charge on any atom is 0.573 e. The Hall–Kier alpha value is -5.10. The Morgan fingerprint density at radius 1 is 0.738 bits per heavy atom. The third kappa shape index (κ3) is 6.61. The predicted molar refractivity (Wildman–Crippen MR) is 141 cm³/mol. The molecule has 2 aliphatic rings. The molecule has 0 unspecified atom stereocenters. The standard InChI is InChI=1S/C28H15F6N3O3.C2H6/c29-27(30,31)38-19-5-1-15(2-6-19)21-11-23-24-12-22(16-3-7-20(8-4-16)39-28(32,33)34)18(14-36)10-26(24)40-37-25(23)9-17(21)13-35;1-2/h1,3-5,7-12,37H,2,6H2;1-2H3. The van der Waals surface area contributed by atoms with Crippen LogP contribution in [-0.4, -0.2) is 12.7 Å². The summed E-state index contributed by atoms with van der Waals surface area (Å²) in [5.41, 5.74) is 6.71. The van der Waals surface area contributed by atoms with Crippen LogP contribution in [-0.2, 0) is 4.74 Å². The number of nitriles is 2. The molecule has 0 saturated carbocycles. The van der Waals surface area contributed by atoms with Crippen LogP contribution in [0.15, 0.2) is 66.4 Å². The van der Waals surface area contributed by atoms with Crippen molar-refractivity contribution in [1.29, 1.82) is 10.5 Å². The first kappa shape index (κ1) is 29.9. The number of hydrogen-bond acceptors (Lipinski definition) is 6. The molecule has 216 valence electrons. The molecule has 0 spiro atoms. The first-order chi connectivity index (χ1) is 19.9. The average molecular weight is 586 g/mol. The smallest absolute Gasteiger partial charge is 0.410 e. The third-order valence-corrected chi connectivity index (χ3v) is 6.18. The Bertz CT molecular complexity index is 1640. The van der Waals surface area contributed by atoms with Crippen LogP contribution in [0.3, 0.4) is 0 Å². The Morgan fingerprint density at radius 3 is 1.93 bits per heavy atom. The summed E-state index contributed by atoms with van der Waals surface area (Å²) in [6.07, 6.45) is -6.80. The monoisotopic (exact) mass is 585 g/mol. The van der Waals surface area contributed by atoms with Crippen LogP contribution in [0.2, 0.25) is 0 Å². The van der Waals surface area contributed by atoms with E-state index < -0.39 is 18.5 Å². The number of hydrogen-bond donors (Lipinski definition) is 1. The zero-order valence-electron chi connectivity index (χ0n) is 22.1. The Morgan fingerprint density at radius 2 is 1.36 bits per heavy atom. The summed E-state index contributed by atoms with van der Waals surface area (Å²) < 4.78 is 83.3. The molecule has 0 amide bonds. The number of ether oxygens (including phenoxy) is 2. The first-order valence-electron chi connectivity index (χ1n) is 12.6. The van der Waals surface area contributed by atoms with Crippen molar-refractivity contribution >= 4 is 11.3 Å². The molecule has 3 aromatic rings. The van der Waals surface area contributed by atoms with Crippen LogP contribution in [0, 0.1) is 22.7 Å². The number of anilines is 1. The van der Waals surface area contributed by atoms with Gasteiger partial charge in [0, 0.05) is 29.2 Å². The molecular weight excluding hydrogens is 564 g/mol. The van der Waals surface area contributed by atoms with Gasteiger partial charge >= 0.3 is 12.7 Å². The average Bonchev–Trinajstić information content (AvgIpc) is 2.96. The van der Waals surface area contributed by atoms with Crippen LogP contribution in [0.1, 0.15) is 43.4 Å². The van der Waals surface area contributed by atoms with Crippen LogP contribution in [0.5, 0.6) is 11.5 Å². The molecule has 5 rings (SSSR count). The minimum Gasteiger partial charge on any atom is -0.410 e. The van der Waals surface area contributed by atoms with Gasteiger partial charge in [-0.15, -0.1) is 26.3 Å². The van der Waals surface area contributed by atoms with Crippen molar-refractivity contribution in [2.45, 2.75) is 39.4 Å². The molecule has 0 atom stereocenters. The lowest BCUT2D eigenvalue weighted by Gasteiger charge is -2.25. The summed E-state index contributed by atoms with van der Waals surface area (Å²) in [7, 11) is 0. The minimum atomic E-state index is -4.85. The second-order valence-corrected chi connectivity index (χ2v) is 8.71. The van der Waals surface area contributed by atoms with E-state index in [0.717, 1.165) is 12.1 Å². The molecule has 12 heteroatoms. The maximum atomic E-state index is 12.6. The summed E-state index contributed by atoms with van der Waals surface area (Å²) >= 11 is 0. The Labute approximate surface area is 236 Å². The molecule has 0 aromatic heterocycles. The van der Waals surface area contributed by atoms with Gasteiger partial charge in [-0.3, -0.25) is 0 Å². The first-order valence-corrected chi connectivity index (χ1v) is 12.6. The van der Waals surface area contributed by atoms with Gasteiger partial charge in [-0.1, -0.05) is 32.1 Å². The van der Waals surface area contributed by atoms with Gasteiger partial charge in [0.25, 0.3) is 0 Å². The summed E-state index contributed by atoms with van der Waals surface area (Å²) in [6.45, 7) is 4.00. The highest BCUT2D eigenvalue weighted by Crippen LogP contribution is 2.45. The van der Waals surface area contributed by atoms with E-state index >= 15 is 0 Å². The van der Waals surface area contributed by atoms with Crippen molar-refractivity contribution in [3.05, 3.63) is 83.1 Å². The van der Waals surface area contributed by atoms with Crippen molar-refractivity contribution in [2.24, 2.45) is 0 Å². The van der Waals surface area contributed by atoms with E-state index in [1.165, 1.54) is 30.4 Å². The molecule has 42 heavy (non-hydrogen) atoms. The predicted octanol–water partition coefficient (Wildman–Crippen LogP) is 9.01. The highest BCUT2D eigenvalue weighted by molar-refractivity contribution is 5.92. The summed E-state index contributed by atoms with van der Waals surface area (Å²) in [5, 5.41) is 19.5. The molecule has 3 aromatic carbocycles. The largest absolute Gasteiger partial charge is 0.573 e. The van der Waals surface area contributed by atoms with Crippen LogP contribution in [0.25, 0.3) is 27.8 Å². The molecule has 1 heterocycles. The number of benzene rings is 3. The number of halogens is 6. The van der Waals surface area contributed by atoms with Gasteiger partial charge in [0.1, 0.15) is 11.5 Å². The van der Waals surface area contributed by atoms with E-state index in [0.29, 0.717) is 44.8 Å². The lowest BCUT2D eigenvalue weighted by atomic mass is 9.87. The van der Waals surface area contributed by atoms with Crippen LogP contribution in [0.4, 0.5) is 32.0 Å². The van der Waals surface area contributed by atoms with E-state index in [1.807, 2.05) is 13.8 Å². The minimum absolute atomic E-state index is 0.0189. The van der Waals surface area contributed by atoms with Crippen LogP contribution < -0.4 is 15.1 Å². The molecule has 0 bridgehead atoms. The zero-order valence-corrected chi connectivity index (χ0v) is 22.1. The van der Waals surface area contributed by atoms with Crippen molar-refractivity contribution < 1.29 is 40.7 Å².